The summed E-state index contributed by atoms with van der Waals surface area (Å²) in [7, 11) is 0. The largest absolute Gasteiger partial charge is 0.455 e. The van der Waals surface area contributed by atoms with Gasteiger partial charge in [0.05, 0.1) is 25.0 Å². The van der Waals surface area contributed by atoms with Crippen LogP contribution in [0.5, 0.6) is 0 Å². The topological polar surface area (TPSA) is 208 Å². The van der Waals surface area contributed by atoms with E-state index in [2.05, 4.69) is 0 Å². The number of hydrogen-bond acceptors (Lipinski definition) is 14. The summed E-state index contributed by atoms with van der Waals surface area (Å²) >= 11 is 0. The summed E-state index contributed by atoms with van der Waals surface area (Å²) in [6.07, 6.45) is -11.4. The Kier molecular flexibility index (Phi) is 14.0. The molecule has 2 heterocycles. The summed E-state index contributed by atoms with van der Waals surface area (Å²) in [4.78, 5) is 38.9. The minimum atomic E-state index is -2.37. The molecule has 2 aliphatic heterocycles. The van der Waals surface area contributed by atoms with Crippen molar-refractivity contribution >= 4 is 17.9 Å². The molecule has 5 N–H and O–H groups in total. The van der Waals surface area contributed by atoms with Gasteiger partial charge in [0.2, 0.25) is 12.1 Å². The number of aliphatic hydroxyl groups excluding tert-OH is 5. The molecular weight excluding hydrogens is 560 g/mol. The van der Waals surface area contributed by atoms with Crippen LogP contribution in [-0.2, 0) is 42.8 Å². The standard InChI is InChI=1S/C28H48O14/c1-7-15(5)25(35)39-21-18(12-30)37-27(42-28(13-31)24(34)20(33)17(11-29)41-28)23(40-26(36)16(6)8-2)22(21)38-19(32)10-9-14(3)4/h14-18,20-24,27,29-31,33-34H,7-13H2,1-6H3/t15?,16?,17-,18-,20-,21-,22+,23-,24+,27-,28+/m1/s1. The first kappa shape index (κ1) is 36.3. The van der Waals surface area contributed by atoms with Crippen LogP contribution in [0.3, 0.4) is 0 Å². The normalized spacial score (nSPS) is 34.6. The lowest BCUT2D eigenvalue weighted by Crippen LogP contribution is -2.65. The molecule has 14 heteroatoms. The Bertz CT molecular complexity index is 883. The van der Waals surface area contributed by atoms with E-state index in [-0.39, 0.29) is 12.3 Å². The van der Waals surface area contributed by atoms with E-state index >= 15 is 0 Å². The lowest BCUT2D eigenvalue weighted by atomic mass is 9.96. The third-order valence-corrected chi connectivity index (χ3v) is 7.72. The van der Waals surface area contributed by atoms with E-state index in [4.69, 9.17) is 28.4 Å². The van der Waals surface area contributed by atoms with Crippen LogP contribution in [0.4, 0.5) is 0 Å². The first-order chi connectivity index (χ1) is 19.8. The third kappa shape index (κ3) is 8.59. The van der Waals surface area contributed by atoms with Gasteiger partial charge in [-0.2, -0.15) is 0 Å². The van der Waals surface area contributed by atoms with Crippen LogP contribution in [0.25, 0.3) is 0 Å². The second-order valence-corrected chi connectivity index (χ2v) is 11.4. The number of rotatable bonds is 15. The molecule has 0 spiro atoms. The number of carbonyl (C=O) groups excluding carboxylic acids is 3. The van der Waals surface area contributed by atoms with Crippen LogP contribution >= 0.6 is 0 Å². The minimum Gasteiger partial charge on any atom is -0.455 e. The molecule has 2 rings (SSSR count). The number of aliphatic hydroxyl groups is 5. The number of esters is 3. The van der Waals surface area contributed by atoms with Gasteiger partial charge in [-0.25, -0.2) is 0 Å². The SMILES string of the molecule is CCC(C)C(=O)O[C@H]1[C@@H](O[C@]2(CO)O[C@H](CO)[C@@H](O)[C@@H]2O)O[C@H](CO)[C@@H](OC(=O)C(C)CC)[C@@H]1OC(=O)CCC(C)C. The van der Waals surface area contributed by atoms with Crippen molar-refractivity contribution in [3.63, 3.8) is 0 Å². The molecule has 2 aliphatic rings. The minimum absolute atomic E-state index is 0.0187. The quantitative estimate of drug-likeness (QED) is 0.120. The van der Waals surface area contributed by atoms with Gasteiger partial charge in [0.15, 0.2) is 18.3 Å². The Morgan fingerprint density at radius 1 is 0.810 bits per heavy atom. The molecule has 2 saturated heterocycles. The van der Waals surface area contributed by atoms with E-state index < -0.39 is 104 Å². The zero-order chi connectivity index (χ0) is 31.8. The Hall–Kier alpha value is -1.91. The molecule has 0 aromatic rings. The van der Waals surface area contributed by atoms with Gasteiger partial charge in [-0.1, -0.05) is 41.5 Å². The molecule has 244 valence electrons. The van der Waals surface area contributed by atoms with E-state index in [1.165, 1.54) is 0 Å². The fourth-order valence-electron chi connectivity index (χ4n) is 4.44. The molecule has 14 nitrogen and oxygen atoms in total. The van der Waals surface area contributed by atoms with Crippen LogP contribution in [0.15, 0.2) is 0 Å². The third-order valence-electron chi connectivity index (χ3n) is 7.72. The smallest absolute Gasteiger partial charge is 0.309 e. The van der Waals surface area contributed by atoms with Crippen LogP contribution in [-0.4, -0.2) is 118 Å². The molecule has 0 aromatic carbocycles. The molecule has 0 saturated carbocycles. The summed E-state index contributed by atoms with van der Waals surface area (Å²) in [5.41, 5.74) is 0. The maximum Gasteiger partial charge on any atom is 0.309 e. The Morgan fingerprint density at radius 2 is 1.36 bits per heavy atom. The Labute approximate surface area is 246 Å². The first-order valence-corrected chi connectivity index (χ1v) is 14.6. The lowest BCUT2D eigenvalue weighted by Gasteiger charge is -2.46. The fraction of sp³-hybridized carbons (Fsp3) is 0.893. The highest BCUT2D eigenvalue weighted by Crippen LogP contribution is 2.38. The van der Waals surface area contributed by atoms with Gasteiger partial charge in [0, 0.05) is 6.42 Å². The summed E-state index contributed by atoms with van der Waals surface area (Å²) < 4.78 is 34.4. The predicted octanol–water partition coefficient (Wildman–Crippen LogP) is -0.214. The van der Waals surface area contributed by atoms with Crippen LogP contribution in [0.1, 0.15) is 67.2 Å². The summed E-state index contributed by atoms with van der Waals surface area (Å²) in [6, 6.07) is 0. The van der Waals surface area contributed by atoms with E-state index in [1.54, 1.807) is 27.7 Å². The van der Waals surface area contributed by atoms with E-state index in [1.807, 2.05) is 13.8 Å². The van der Waals surface area contributed by atoms with Gasteiger partial charge in [0.25, 0.3) is 0 Å². The summed E-state index contributed by atoms with van der Waals surface area (Å²) in [5.74, 6) is -5.52. The highest BCUT2D eigenvalue weighted by molar-refractivity contribution is 5.73. The van der Waals surface area contributed by atoms with E-state index in [0.717, 1.165) is 0 Å². The summed E-state index contributed by atoms with van der Waals surface area (Å²) in [6.45, 7) is 8.04. The zero-order valence-corrected chi connectivity index (χ0v) is 25.2. The van der Waals surface area contributed by atoms with Crippen molar-refractivity contribution in [3.05, 3.63) is 0 Å². The van der Waals surface area contributed by atoms with Crippen molar-refractivity contribution in [2.24, 2.45) is 17.8 Å². The second-order valence-electron chi connectivity index (χ2n) is 11.4. The average Bonchev–Trinajstić information content (AvgIpc) is 3.22. The lowest BCUT2D eigenvalue weighted by molar-refractivity contribution is -0.384. The number of ether oxygens (including phenoxy) is 6. The number of carbonyl (C=O) groups is 3. The van der Waals surface area contributed by atoms with Crippen molar-refractivity contribution < 1.29 is 68.3 Å². The van der Waals surface area contributed by atoms with Gasteiger partial charge >= 0.3 is 17.9 Å². The second kappa shape index (κ2) is 16.2. The summed E-state index contributed by atoms with van der Waals surface area (Å²) in [5, 5.41) is 51.1. The molecule has 0 aromatic heterocycles. The van der Waals surface area contributed by atoms with Gasteiger partial charge in [-0.3, -0.25) is 14.4 Å². The highest BCUT2D eigenvalue weighted by Gasteiger charge is 2.60. The van der Waals surface area contributed by atoms with Gasteiger partial charge in [-0.15, -0.1) is 0 Å². The molecule has 0 bridgehead atoms. The Morgan fingerprint density at radius 3 is 1.81 bits per heavy atom. The highest BCUT2D eigenvalue weighted by atomic mass is 16.8. The monoisotopic (exact) mass is 608 g/mol. The maximum atomic E-state index is 13.0. The van der Waals surface area contributed by atoms with Crippen LogP contribution < -0.4 is 0 Å². The van der Waals surface area contributed by atoms with Gasteiger partial charge < -0.3 is 54.0 Å². The molecule has 0 radical (unpaired) electrons. The molecule has 0 aliphatic carbocycles. The van der Waals surface area contributed by atoms with Crippen molar-refractivity contribution in [1.82, 2.24) is 0 Å². The van der Waals surface area contributed by atoms with Crippen molar-refractivity contribution in [2.45, 2.75) is 122 Å². The van der Waals surface area contributed by atoms with Crippen LogP contribution in [0, 0.1) is 17.8 Å². The molecule has 11 atom stereocenters. The first-order valence-electron chi connectivity index (χ1n) is 14.6. The number of hydrogen-bond donors (Lipinski definition) is 5. The molecule has 2 unspecified atom stereocenters. The fourth-order valence-corrected chi connectivity index (χ4v) is 4.44. The van der Waals surface area contributed by atoms with E-state index in [0.29, 0.717) is 19.3 Å². The Balaban J connectivity index is 2.58. The van der Waals surface area contributed by atoms with Gasteiger partial charge in [0.1, 0.15) is 31.0 Å². The van der Waals surface area contributed by atoms with Crippen molar-refractivity contribution in [1.29, 1.82) is 0 Å². The van der Waals surface area contributed by atoms with E-state index in [9.17, 15) is 39.9 Å². The van der Waals surface area contributed by atoms with Crippen molar-refractivity contribution in [2.75, 3.05) is 19.8 Å². The maximum absolute atomic E-state index is 13.0. The van der Waals surface area contributed by atoms with Gasteiger partial charge in [-0.05, 0) is 25.2 Å². The molecule has 2 fully saturated rings. The molecule has 42 heavy (non-hydrogen) atoms. The zero-order valence-electron chi connectivity index (χ0n) is 25.2. The molecular formula is C28H48O14. The van der Waals surface area contributed by atoms with Crippen molar-refractivity contribution in [3.8, 4) is 0 Å². The average molecular weight is 609 g/mol. The van der Waals surface area contributed by atoms with Crippen LogP contribution in [0.2, 0.25) is 0 Å². The predicted molar refractivity (Wildman–Crippen MR) is 143 cm³/mol. The molecule has 0 amide bonds.